The third-order valence-electron chi connectivity index (χ3n) is 2.62. The van der Waals surface area contributed by atoms with E-state index in [9.17, 15) is 4.79 Å². The minimum atomic E-state index is -0.411. The van der Waals surface area contributed by atoms with Crippen LogP contribution >= 0.6 is 0 Å². The number of aromatic nitrogens is 3. The number of pyridine rings is 1. The molecule has 0 fully saturated rings. The normalized spacial score (nSPS) is 11.3. The van der Waals surface area contributed by atoms with Gasteiger partial charge in [-0.15, -0.1) is 0 Å². The van der Waals surface area contributed by atoms with Crippen LogP contribution in [0.15, 0.2) is 36.7 Å². The second-order valence-corrected chi connectivity index (χ2v) is 4.07. The van der Waals surface area contributed by atoms with Crippen LogP contribution in [0, 0.1) is 11.8 Å². The molecule has 2 aromatic heterocycles. The van der Waals surface area contributed by atoms with Crippen molar-refractivity contribution in [1.29, 1.82) is 0 Å². The largest absolute Gasteiger partial charge is 0.320 e. The lowest BCUT2D eigenvalue weighted by molar-refractivity contribution is -0.119. The van der Waals surface area contributed by atoms with Gasteiger partial charge in [0.2, 0.25) is 5.91 Å². The van der Waals surface area contributed by atoms with Gasteiger partial charge in [-0.1, -0.05) is 12.0 Å². The highest BCUT2D eigenvalue weighted by molar-refractivity contribution is 5.92. The van der Waals surface area contributed by atoms with Crippen molar-refractivity contribution >= 4 is 11.7 Å². The molecule has 3 N–H and O–H groups in total. The molecule has 0 aliphatic carbocycles. The van der Waals surface area contributed by atoms with E-state index >= 15 is 0 Å². The number of carbonyl (C=O) groups excluding carboxylic acids is 1. The van der Waals surface area contributed by atoms with E-state index in [0.717, 1.165) is 0 Å². The Labute approximate surface area is 117 Å². The fourth-order valence-corrected chi connectivity index (χ4v) is 1.58. The van der Waals surface area contributed by atoms with Gasteiger partial charge in [-0.25, -0.2) is 4.98 Å². The summed E-state index contributed by atoms with van der Waals surface area (Å²) in [4.78, 5) is 16.3. The van der Waals surface area contributed by atoms with Crippen molar-refractivity contribution in [3.05, 3.63) is 42.4 Å². The molecule has 0 aromatic carbocycles. The molecular formula is C14H15N5O. The van der Waals surface area contributed by atoms with Crippen LogP contribution in [0.3, 0.4) is 0 Å². The molecule has 0 saturated carbocycles. The van der Waals surface area contributed by atoms with Crippen molar-refractivity contribution < 1.29 is 4.79 Å². The van der Waals surface area contributed by atoms with E-state index in [1.54, 1.807) is 48.3 Å². The Morgan fingerprint density at radius 3 is 3.05 bits per heavy atom. The van der Waals surface area contributed by atoms with Gasteiger partial charge >= 0.3 is 0 Å². The lowest BCUT2D eigenvalue weighted by Gasteiger charge is -2.12. The highest BCUT2D eigenvalue weighted by Gasteiger charge is 2.15. The highest BCUT2D eigenvalue weighted by atomic mass is 16.2. The monoisotopic (exact) mass is 269 g/mol. The maximum Gasteiger partial charge on any atom is 0.250 e. The van der Waals surface area contributed by atoms with E-state index in [1.807, 2.05) is 0 Å². The topological polar surface area (TPSA) is 85.8 Å². The van der Waals surface area contributed by atoms with Crippen LogP contribution < -0.4 is 11.1 Å². The molecule has 1 amide bonds. The van der Waals surface area contributed by atoms with E-state index in [1.165, 1.54) is 0 Å². The molecule has 2 rings (SSSR count). The van der Waals surface area contributed by atoms with Crippen molar-refractivity contribution in [2.75, 3.05) is 11.9 Å². The summed E-state index contributed by atoms with van der Waals surface area (Å²) in [6, 6.07) is 6.61. The van der Waals surface area contributed by atoms with E-state index in [-0.39, 0.29) is 12.5 Å². The summed E-state index contributed by atoms with van der Waals surface area (Å²) >= 11 is 0. The number of nitrogens with one attached hydrogen (secondary N) is 1. The minimum Gasteiger partial charge on any atom is -0.320 e. The van der Waals surface area contributed by atoms with Crippen molar-refractivity contribution in [1.82, 2.24) is 14.8 Å². The Morgan fingerprint density at radius 2 is 2.35 bits per heavy atom. The first-order valence-corrected chi connectivity index (χ1v) is 6.16. The summed E-state index contributed by atoms with van der Waals surface area (Å²) in [6.07, 6.45) is 3.37. The lowest BCUT2D eigenvalue weighted by Crippen LogP contribution is -2.24. The summed E-state index contributed by atoms with van der Waals surface area (Å²) in [6.45, 7) is 2.04. The van der Waals surface area contributed by atoms with E-state index in [4.69, 9.17) is 5.73 Å². The predicted molar refractivity (Wildman–Crippen MR) is 75.7 cm³/mol. The minimum absolute atomic E-state index is 0.190. The maximum atomic E-state index is 12.1. The average Bonchev–Trinajstić information content (AvgIpc) is 2.98. The number of carbonyl (C=O) groups is 1. The number of rotatable bonds is 3. The standard InChI is InChI=1S/C14H15N5O/c1-11(19-10-4-9-16-19)14(20)18-13-7-2-5-12(17-13)6-3-8-15/h2,4-5,7,9-11H,8,15H2,1H3,(H,17,18,20). The smallest absolute Gasteiger partial charge is 0.250 e. The highest BCUT2D eigenvalue weighted by Crippen LogP contribution is 2.09. The predicted octanol–water partition coefficient (Wildman–Crippen LogP) is 0.788. The molecule has 20 heavy (non-hydrogen) atoms. The Morgan fingerprint density at radius 1 is 1.50 bits per heavy atom. The molecule has 2 aromatic rings. The van der Waals surface area contributed by atoms with Crippen LogP contribution in [-0.2, 0) is 4.79 Å². The van der Waals surface area contributed by atoms with Gasteiger partial charge in [0.05, 0.1) is 6.54 Å². The molecule has 0 aliphatic rings. The van der Waals surface area contributed by atoms with Gasteiger partial charge in [-0.3, -0.25) is 9.48 Å². The third-order valence-corrected chi connectivity index (χ3v) is 2.62. The number of nitrogens with zero attached hydrogens (tertiary/aromatic N) is 3. The van der Waals surface area contributed by atoms with Gasteiger partial charge in [0.15, 0.2) is 0 Å². The van der Waals surface area contributed by atoms with Crippen LogP contribution in [0.25, 0.3) is 0 Å². The number of amides is 1. The molecule has 102 valence electrons. The fourth-order valence-electron chi connectivity index (χ4n) is 1.58. The molecule has 0 radical (unpaired) electrons. The quantitative estimate of drug-likeness (QED) is 0.807. The fraction of sp³-hybridized carbons (Fsp3) is 0.214. The van der Waals surface area contributed by atoms with Crippen molar-refractivity contribution in [3.63, 3.8) is 0 Å². The number of anilines is 1. The van der Waals surface area contributed by atoms with E-state index in [2.05, 4.69) is 27.2 Å². The van der Waals surface area contributed by atoms with Crippen LogP contribution in [0.5, 0.6) is 0 Å². The first kappa shape index (κ1) is 13.8. The molecule has 2 heterocycles. The zero-order chi connectivity index (χ0) is 14.4. The Bertz CT molecular complexity index is 639. The summed E-state index contributed by atoms with van der Waals surface area (Å²) in [5.74, 6) is 5.81. The van der Waals surface area contributed by atoms with Gasteiger partial charge in [0, 0.05) is 12.4 Å². The van der Waals surface area contributed by atoms with Crippen LogP contribution in [0.4, 0.5) is 5.82 Å². The molecule has 6 nitrogen and oxygen atoms in total. The van der Waals surface area contributed by atoms with Gasteiger partial charge in [0.1, 0.15) is 17.6 Å². The molecule has 1 unspecified atom stereocenters. The Kier molecular flexibility index (Phi) is 4.47. The second kappa shape index (κ2) is 6.50. The zero-order valence-corrected chi connectivity index (χ0v) is 11.1. The van der Waals surface area contributed by atoms with Gasteiger partial charge in [-0.05, 0) is 31.0 Å². The molecule has 0 aliphatic heterocycles. The van der Waals surface area contributed by atoms with Crippen molar-refractivity contribution in [3.8, 4) is 11.8 Å². The molecule has 6 heteroatoms. The first-order valence-electron chi connectivity index (χ1n) is 6.16. The van der Waals surface area contributed by atoms with Crippen molar-refractivity contribution in [2.24, 2.45) is 5.73 Å². The Balaban J connectivity index is 2.08. The summed E-state index contributed by atoms with van der Waals surface area (Å²) < 4.78 is 1.58. The molecule has 1 atom stereocenters. The first-order chi connectivity index (χ1) is 9.70. The molecule has 0 bridgehead atoms. The average molecular weight is 269 g/mol. The molecule has 0 saturated heterocycles. The molecule has 0 spiro atoms. The summed E-state index contributed by atoms with van der Waals surface area (Å²) in [7, 11) is 0. The third kappa shape index (κ3) is 3.43. The number of hydrogen-bond acceptors (Lipinski definition) is 4. The van der Waals surface area contributed by atoms with Gasteiger partial charge in [0.25, 0.3) is 0 Å². The second-order valence-electron chi connectivity index (χ2n) is 4.07. The number of hydrogen-bond donors (Lipinski definition) is 2. The zero-order valence-electron chi connectivity index (χ0n) is 11.1. The van der Waals surface area contributed by atoms with Gasteiger partial charge < -0.3 is 11.1 Å². The summed E-state index contributed by atoms with van der Waals surface area (Å²) in [5.41, 5.74) is 5.88. The molecular weight excluding hydrogens is 254 g/mol. The van der Waals surface area contributed by atoms with Crippen LogP contribution in [0.1, 0.15) is 18.7 Å². The Hall–Kier alpha value is -2.65. The van der Waals surface area contributed by atoms with E-state index < -0.39 is 6.04 Å². The van der Waals surface area contributed by atoms with Gasteiger partial charge in [-0.2, -0.15) is 5.10 Å². The summed E-state index contributed by atoms with van der Waals surface area (Å²) in [5, 5.41) is 6.77. The van der Waals surface area contributed by atoms with E-state index in [0.29, 0.717) is 11.5 Å². The number of nitrogens with two attached hydrogens (primary N) is 1. The SMILES string of the molecule is CC(C(=O)Nc1cccc(C#CCN)n1)n1cccn1. The van der Waals surface area contributed by atoms with Crippen LogP contribution in [-0.4, -0.2) is 27.2 Å². The van der Waals surface area contributed by atoms with Crippen molar-refractivity contribution in [2.45, 2.75) is 13.0 Å². The lowest BCUT2D eigenvalue weighted by atomic mass is 10.3. The van der Waals surface area contributed by atoms with Crippen LogP contribution in [0.2, 0.25) is 0 Å². The maximum absolute atomic E-state index is 12.1.